The molecule has 0 amide bonds. The number of ketones is 1. The van der Waals surface area contributed by atoms with Gasteiger partial charge in [-0.05, 0) is 25.5 Å². The first-order chi connectivity index (χ1) is 7.49. The van der Waals surface area contributed by atoms with Crippen molar-refractivity contribution in [1.82, 2.24) is 0 Å². The van der Waals surface area contributed by atoms with Crippen molar-refractivity contribution in [3.05, 3.63) is 30.3 Å². The third-order valence-corrected chi connectivity index (χ3v) is 2.00. The Labute approximate surface area is 123 Å². The molecule has 0 spiro atoms. The van der Waals surface area contributed by atoms with Crippen molar-refractivity contribution in [2.75, 3.05) is 5.73 Å². The summed E-state index contributed by atoms with van der Waals surface area (Å²) in [4.78, 5) is 20.6. The number of carbonyl (C=O) groups excluding carboxylic acids is 1. The van der Waals surface area contributed by atoms with Gasteiger partial charge in [0.2, 0.25) is 0 Å². The molecule has 1 aromatic rings. The summed E-state index contributed by atoms with van der Waals surface area (Å²) in [6, 6.07) is 9.49. The van der Waals surface area contributed by atoms with Crippen molar-refractivity contribution in [3.8, 4) is 0 Å². The van der Waals surface area contributed by atoms with Crippen molar-refractivity contribution in [3.63, 3.8) is 0 Å². The average molecular weight is 247 g/mol. The van der Waals surface area contributed by atoms with Crippen molar-refractivity contribution in [1.29, 1.82) is 0 Å². The van der Waals surface area contributed by atoms with Crippen molar-refractivity contribution < 1.29 is 14.7 Å². The van der Waals surface area contributed by atoms with E-state index >= 15 is 0 Å². The summed E-state index contributed by atoms with van der Waals surface area (Å²) in [5, 5.41) is 8.32. The van der Waals surface area contributed by atoms with Crippen molar-refractivity contribution in [2.24, 2.45) is 5.92 Å². The molecule has 0 aliphatic heterocycles. The molecule has 4 nitrogen and oxygen atoms in total. The van der Waals surface area contributed by atoms with Gasteiger partial charge in [-0.2, -0.15) is 0 Å². The number of para-hydroxylation sites is 1. The van der Waals surface area contributed by atoms with Gasteiger partial charge in [-0.1, -0.05) is 25.1 Å². The van der Waals surface area contributed by atoms with E-state index in [1.807, 2.05) is 30.3 Å². The van der Waals surface area contributed by atoms with Gasteiger partial charge >= 0.3 is 35.5 Å². The van der Waals surface area contributed by atoms with Crippen LogP contribution in [0.25, 0.3) is 0 Å². The summed E-state index contributed by atoms with van der Waals surface area (Å²) in [5.41, 5.74) is 6.18. The second kappa shape index (κ2) is 10.3. The number of benzene rings is 1. The number of hydrogen-bond donors (Lipinski definition) is 2. The fourth-order valence-electron chi connectivity index (χ4n) is 1.09. The predicted molar refractivity (Wildman–Crippen MR) is 70.1 cm³/mol. The zero-order valence-electron chi connectivity index (χ0n) is 9.51. The van der Waals surface area contributed by atoms with E-state index in [0.717, 1.165) is 5.69 Å². The molecular weight excluding hydrogens is 229 g/mol. The van der Waals surface area contributed by atoms with Gasteiger partial charge in [0, 0.05) is 5.69 Å². The van der Waals surface area contributed by atoms with Gasteiger partial charge in [-0.15, -0.1) is 0 Å². The summed E-state index contributed by atoms with van der Waals surface area (Å²) in [5.74, 6) is -2.10. The first-order valence-corrected chi connectivity index (χ1v) is 5.02. The Bertz CT molecular complexity index is 327. The molecule has 1 unspecified atom stereocenters. The average Bonchev–Trinajstić information content (AvgIpc) is 2.19. The van der Waals surface area contributed by atoms with E-state index < -0.39 is 11.9 Å². The summed E-state index contributed by atoms with van der Waals surface area (Å²) >= 11 is 0. The van der Waals surface area contributed by atoms with E-state index in [2.05, 4.69) is 0 Å². The molecule has 0 radical (unpaired) electrons. The summed E-state index contributed by atoms with van der Waals surface area (Å²) < 4.78 is 0. The van der Waals surface area contributed by atoms with Gasteiger partial charge in [0.25, 0.3) is 0 Å². The third-order valence-electron chi connectivity index (χ3n) is 2.00. The Balaban J connectivity index is 0. The van der Waals surface area contributed by atoms with E-state index in [9.17, 15) is 9.59 Å². The molecule has 1 rings (SSSR count). The molecule has 3 N–H and O–H groups in total. The molecule has 1 aromatic carbocycles. The molecular formula is C12H18NNaO3. The van der Waals surface area contributed by atoms with Crippen LogP contribution in [0.3, 0.4) is 0 Å². The molecule has 0 fully saturated rings. The fourth-order valence-corrected chi connectivity index (χ4v) is 1.09. The topological polar surface area (TPSA) is 80.4 Å². The van der Waals surface area contributed by atoms with Gasteiger partial charge in [0.1, 0.15) is 11.7 Å². The van der Waals surface area contributed by atoms with E-state index in [1.54, 1.807) is 6.92 Å². The molecule has 90 valence electrons. The summed E-state index contributed by atoms with van der Waals surface area (Å²) in [6.45, 7) is 2.97. The summed E-state index contributed by atoms with van der Waals surface area (Å²) in [7, 11) is 0. The number of Topliss-reactive ketones (excluding diaryl/α,β-unsaturated/α-hetero) is 1. The minimum atomic E-state index is -1.02. The van der Waals surface area contributed by atoms with E-state index in [1.165, 1.54) is 6.92 Å². The first-order valence-electron chi connectivity index (χ1n) is 5.02. The molecule has 0 aromatic heterocycles. The monoisotopic (exact) mass is 247 g/mol. The number of carboxylic acid groups (broad SMARTS) is 1. The molecule has 0 aliphatic rings. The van der Waals surface area contributed by atoms with Crippen LogP contribution < -0.4 is 5.73 Å². The molecule has 5 heteroatoms. The quantitative estimate of drug-likeness (QED) is 0.479. The van der Waals surface area contributed by atoms with E-state index in [-0.39, 0.29) is 35.3 Å². The molecule has 17 heavy (non-hydrogen) atoms. The molecule has 0 heterocycles. The molecule has 0 aliphatic carbocycles. The third kappa shape index (κ3) is 8.92. The zero-order valence-corrected chi connectivity index (χ0v) is 9.51. The molecule has 1 atom stereocenters. The van der Waals surface area contributed by atoms with Crippen LogP contribution in [0.5, 0.6) is 0 Å². The first kappa shape index (κ1) is 18.5. The number of rotatable bonds is 3. The molecule has 0 saturated heterocycles. The normalized spacial score (nSPS) is 10.2. The fraction of sp³-hybridized carbons (Fsp3) is 0.333. The summed E-state index contributed by atoms with van der Waals surface area (Å²) in [6.07, 6.45) is 0.380. The number of carbonyl (C=O) groups is 2. The van der Waals surface area contributed by atoms with Crippen LogP contribution in [0.4, 0.5) is 5.69 Å². The van der Waals surface area contributed by atoms with Crippen LogP contribution in [-0.4, -0.2) is 46.4 Å². The Morgan fingerprint density at radius 2 is 1.76 bits per heavy atom. The van der Waals surface area contributed by atoms with Gasteiger partial charge in [0.05, 0.1) is 0 Å². The number of nitrogen functional groups attached to an aromatic ring is 1. The SMILES string of the molecule is CCC(C(C)=O)C(=O)O.Nc1ccccc1.[NaH]. The van der Waals surface area contributed by atoms with E-state index in [0.29, 0.717) is 6.42 Å². The zero-order chi connectivity index (χ0) is 12.6. The Kier molecular flexibility index (Phi) is 11.2. The standard InChI is InChI=1S/C6H7N.C6H10O3.Na.H/c7-6-4-2-1-3-5-6;1-3-5(4(2)7)6(8)9;;/h1-5H,7H2;5H,3H2,1-2H3,(H,8,9);;. The van der Waals surface area contributed by atoms with Gasteiger partial charge in [0.15, 0.2) is 0 Å². The second-order valence-electron chi connectivity index (χ2n) is 3.32. The van der Waals surface area contributed by atoms with Crippen LogP contribution in [0.2, 0.25) is 0 Å². The van der Waals surface area contributed by atoms with Crippen LogP contribution in [-0.2, 0) is 9.59 Å². The number of aliphatic carboxylic acids is 1. The van der Waals surface area contributed by atoms with Gasteiger partial charge < -0.3 is 10.8 Å². The number of hydrogen-bond acceptors (Lipinski definition) is 3. The molecule has 0 bridgehead atoms. The maximum absolute atomic E-state index is 10.4. The number of carboxylic acids is 1. The van der Waals surface area contributed by atoms with E-state index in [4.69, 9.17) is 10.8 Å². The van der Waals surface area contributed by atoms with Crippen LogP contribution >= 0.6 is 0 Å². The Morgan fingerprint density at radius 3 is 1.88 bits per heavy atom. The predicted octanol–water partition coefficient (Wildman–Crippen LogP) is 1.31. The maximum atomic E-state index is 10.4. The van der Waals surface area contributed by atoms with Crippen LogP contribution in [0.15, 0.2) is 30.3 Å². The van der Waals surface area contributed by atoms with Crippen LogP contribution in [0.1, 0.15) is 20.3 Å². The minimum absolute atomic E-state index is 0. The van der Waals surface area contributed by atoms with Gasteiger partial charge in [-0.3, -0.25) is 9.59 Å². The number of anilines is 1. The van der Waals surface area contributed by atoms with Crippen LogP contribution in [0, 0.1) is 5.92 Å². The van der Waals surface area contributed by atoms with Gasteiger partial charge in [-0.25, -0.2) is 0 Å². The molecule has 0 saturated carbocycles. The van der Waals surface area contributed by atoms with Crippen molar-refractivity contribution >= 4 is 47.0 Å². The number of nitrogens with two attached hydrogens (primary N) is 1. The second-order valence-corrected chi connectivity index (χ2v) is 3.32. The van der Waals surface area contributed by atoms with Crippen molar-refractivity contribution in [2.45, 2.75) is 20.3 Å². The Hall–Kier alpha value is -0.840. The Morgan fingerprint density at radius 1 is 1.29 bits per heavy atom.